The third-order valence-electron chi connectivity index (χ3n) is 4.08. The molecule has 0 heterocycles. The Kier molecular flexibility index (Phi) is 6.39. The summed E-state index contributed by atoms with van der Waals surface area (Å²) in [5, 5.41) is 2.74. The minimum Gasteiger partial charge on any atom is -0.495 e. The van der Waals surface area contributed by atoms with Crippen LogP contribution in [0.25, 0.3) is 0 Å². The number of anilines is 1. The molecule has 0 spiro atoms. The van der Waals surface area contributed by atoms with E-state index in [0.717, 1.165) is 5.56 Å². The largest absolute Gasteiger partial charge is 0.495 e. The zero-order chi connectivity index (χ0) is 19.3. The van der Waals surface area contributed by atoms with Crippen LogP contribution in [-0.2, 0) is 10.0 Å². The van der Waals surface area contributed by atoms with Gasteiger partial charge in [-0.1, -0.05) is 31.5 Å². The third-order valence-corrected chi connectivity index (χ3v) is 6.12. The summed E-state index contributed by atoms with van der Waals surface area (Å²) in [6.07, 6.45) is 0. The smallest absolute Gasteiger partial charge is 0.255 e. The minimum absolute atomic E-state index is 0.112. The number of nitrogens with one attached hydrogen (secondary N) is 1. The van der Waals surface area contributed by atoms with Crippen molar-refractivity contribution in [2.45, 2.75) is 25.7 Å². The van der Waals surface area contributed by atoms with E-state index >= 15 is 0 Å². The summed E-state index contributed by atoms with van der Waals surface area (Å²) in [5.74, 6) is 0.0599. The molecule has 2 aromatic carbocycles. The Bertz CT molecular complexity index is 873. The molecule has 26 heavy (non-hydrogen) atoms. The first-order chi connectivity index (χ1) is 12.3. The number of hydrogen-bond acceptors (Lipinski definition) is 4. The zero-order valence-electron chi connectivity index (χ0n) is 15.4. The van der Waals surface area contributed by atoms with Crippen LogP contribution in [0.5, 0.6) is 5.75 Å². The fourth-order valence-corrected chi connectivity index (χ4v) is 4.04. The van der Waals surface area contributed by atoms with E-state index in [2.05, 4.69) is 5.32 Å². The lowest BCUT2D eigenvalue weighted by atomic mass is 10.1. The predicted molar refractivity (Wildman–Crippen MR) is 102 cm³/mol. The fourth-order valence-electron chi connectivity index (χ4n) is 2.56. The molecule has 2 rings (SSSR count). The van der Waals surface area contributed by atoms with Gasteiger partial charge in [0, 0.05) is 18.7 Å². The van der Waals surface area contributed by atoms with E-state index in [1.165, 1.54) is 23.5 Å². The summed E-state index contributed by atoms with van der Waals surface area (Å²) in [7, 11) is -2.16. The molecule has 0 atom stereocenters. The van der Waals surface area contributed by atoms with Crippen molar-refractivity contribution in [3.05, 3.63) is 53.6 Å². The van der Waals surface area contributed by atoms with Crippen molar-refractivity contribution < 1.29 is 17.9 Å². The van der Waals surface area contributed by atoms with Gasteiger partial charge in [-0.2, -0.15) is 4.31 Å². The molecule has 0 bridgehead atoms. The van der Waals surface area contributed by atoms with Gasteiger partial charge in [-0.3, -0.25) is 4.79 Å². The second-order valence-corrected chi connectivity index (χ2v) is 7.71. The number of amides is 1. The molecule has 0 saturated heterocycles. The van der Waals surface area contributed by atoms with Crippen molar-refractivity contribution in [1.29, 1.82) is 0 Å². The number of sulfonamides is 1. The average molecular weight is 376 g/mol. The zero-order valence-corrected chi connectivity index (χ0v) is 16.3. The Morgan fingerprint density at radius 2 is 1.69 bits per heavy atom. The van der Waals surface area contributed by atoms with Crippen LogP contribution in [0.1, 0.15) is 29.8 Å². The van der Waals surface area contributed by atoms with Crippen LogP contribution in [0.3, 0.4) is 0 Å². The van der Waals surface area contributed by atoms with Crippen LogP contribution in [0.4, 0.5) is 5.69 Å². The highest BCUT2D eigenvalue weighted by Crippen LogP contribution is 2.29. The van der Waals surface area contributed by atoms with Gasteiger partial charge in [0.2, 0.25) is 10.0 Å². The summed E-state index contributed by atoms with van der Waals surface area (Å²) in [5.41, 5.74) is 1.84. The molecule has 6 nitrogen and oxygen atoms in total. The molecular formula is C19H24N2O4S. The van der Waals surface area contributed by atoms with E-state index in [1.54, 1.807) is 32.0 Å². The Morgan fingerprint density at radius 1 is 1.08 bits per heavy atom. The van der Waals surface area contributed by atoms with Crippen LogP contribution in [0.2, 0.25) is 0 Å². The normalized spacial score (nSPS) is 11.4. The summed E-state index contributed by atoms with van der Waals surface area (Å²) < 4.78 is 32.0. The number of ether oxygens (including phenoxy) is 1. The second-order valence-electron chi connectivity index (χ2n) is 5.77. The maximum Gasteiger partial charge on any atom is 0.255 e. The lowest BCUT2D eigenvalue weighted by molar-refractivity contribution is 0.102. The first-order valence-corrected chi connectivity index (χ1v) is 9.83. The molecule has 1 amide bonds. The first kappa shape index (κ1) is 19.9. The van der Waals surface area contributed by atoms with Crippen molar-refractivity contribution in [2.75, 3.05) is 25.5 Å². The average Bonchev–Trinajstić information content (AvgIpc) is 2.63. The van der Waals surface area contributed by atoms with E-state index in [0.29, 0.717) is 30.1 Å². The van der Waals surface area contributed by atoms with Crippen molar-refractivity contribution in [3.63, 3.8) is 0 Å². The van der Waals surface area contributed by atoms with Gasteiger partial charge in [-0.25, -0.2) is 8.42 Å². The number of hydrogen-bond donors (Lipinski definition) is 1. The molecule has 0 aliphatic heterocycles. The Labute approximate surface area is 154 Å². The highest BCUT2D eigenvalue weighted by Gasteiger charge is 2.23. The molecule has 0 fully saturated rings. The summed E-state index contributed by atoms with van der Waals surface area (Å²) in [4.78, 5) is 12.6. The van der Waals surface area contributed by atoms with Gasteiger partial charge < -0.3 is 10.1 Å². The number of aryl methyl sites for hydroxylation is 1. The van der Waals surface area contributed by atoms with E-state index in [9.17, 15) is 13.2 Å². The lowest BCUT2D eigenvalue weighted by Crippen LogP contribution is -2.30. The van der Waals surface area contributed by atoms with Crippen molar-refractivity contribution >= 4 is 21.6 Å². The predicted octanol–water partition coefficient (Wildman–Crippen LogP) is 3.29. The monoisotopic (exact) mass is 376 g/mol. The molecule has 0 aromatic heterocycles. The number of methoxy groups -OCH3 is 1. The topological polar surface area (TPSA) is 75.7 Å². The number of carbonyl (C=O) groups is 1. The summed E-state index contributed by atoms with van der Waals surface area (Å²) >= 11 is 0. The Balaban J connectivity index is 2.38. The Hall–Kier alpha value is -2.38. The SMILES string of the molecule is CCN(CC)S(=O)(=O)c1ccc(OC)c(NC(=O)c2ccc(C)cc2)c1. The molecule has 1 N–H and O–H groups in total. The maximum atomic E-state index is 12.7. The maximum absolute atomic E-state index is 12.7. The summed E-state index contributed by atoms with van der Waals surface area (Å²) in [6, 6.07) is 11.6. The highest BCUT2D eigenvalue weighted by molar-refractivity contribution is 7.89. The van der Waals surface area contributed by atoms with Crippen molar-refractivity contribution in [3.8, 4) is 5.75 Å². The first-order valence-electron chi connectivity index (χ1n) is 8.39. The van der Waals surface area contributed by atoms with E-state index in [4.69, 9.17) is 4.74 Å². The van der Waals surface area contributed by atoms with Gasteiger partial charge in [-0.15, -0.1) is 0 Å². The molecule has 140 valence electrons. The molecule has 7 heteroatoms. The summed E-state index contributed by atoms with van der Waals surface area (Å²) in [6.45, 7) is 6.24. The van der Waals surface area contributed by atoms with Crippen LogP contribution in [-0.4, -0.2) is 38.8 Å². The minimum atomic E-state index is -3.63. The standard InChI is InChI=1S/C19H24N2O4S/c1-5-21(6-2)26(23,24)16-11-12-18(25-4)17(13-16)20-19(22)15-9-7-14(3)8-10-15/h7-13H,5-6H2,1-4H3,(H,20,22). The van der Waals surface area contributed by atoms with Crippen LogP contribution in [0.15, 0.2) is 47.4 Å². The molecule has 0 radical (unpaired) electrons. The molecule has 0 unspecified atom stereocenters. The van der Waals surface area contributed by atoms with E-state index in [-0.39, 0.29) is 10.8 Å². The van der Waals surface area contributed by atoms with Gasteiger partial charge in [0.1, 0.15) is 5.75 Å². The van der Waals surface area contributed by atoms with Gasteiger partial charge in [-0.05, 0) is 37.3 Å². The number of benzene rings is 2. The Morgan fingerprint density at radius 3 is 2.23 bits per heavy atom. The quantitative estimate of drug-likeness (QED) is 0.805. The molecule has 2 aromatic rings. The number of carbonyl (C=O) groups excluding carboxylic acids is 1. The van der Waals surface area contributed by atoms with Gasteiger partial charge in [0.05, 0.1) is 17.7 Å². The second kappa shape index (κ2) is 8.33. The number of nitrogens with zero attached hydrogens (tertiary/aromatic N) is 1. The third kappa shape index (κ3) is 4.23. The van der Waals surface area contributed by atoms with Gasteiger partial charge in [0.25, 0.3) is 5.91 Å². The van der Waals surface area contributed by atoms with Gasteiger partial charge >= 0.3 is 0 Å². The molecule has 0 aliphatic carbocycles. The van der Waals surface area contributed by atoms with Gasteiger partial charge in [0.15, 0.2) is 0 Å². The van der Waals surface area contributed by atoms with E-state index < -0.39 is 10.0 Å². The molecule has 0 saturated carbocycles. The fraction of sp³-hybridized carbons (Fsp3) is 0.316. The van der Waals surface area contributed by atoms with Crippen molar-refractivity contribution in [2.24, 2.45) is 0 Å². The molecule has 0 aliphatic rings. The van der Waals surface area contributed by atoms with E-state index in [1.807, 2.05) is 19.1 Å². The lowest BCUT2D eigenvalue weighted by Gasteiger charge is -2.19. The van der Waals surface area contributed by atoms with Crippen LogP contribution < -0.4 is 10.1 Å². The van der Waals surface area contributed by atoms with Crippen LogP contribution in [0, 0.1) is 6.92 Å². The number of rotatable bonds is 7. The highest BCUT2D eigenvalue weighted by atomic mass is 32.2. The van der Waals surface area contributed by atoms with Crippen LogP contribution >= 0.6 is 0 Å². The molecular weight excluding hydrogens is 352 g/mol. The van der Waals surface area contributed by atoms with Crippen molar-refractivity contribution in [1.82, 2.24) is 4.31 Å².